The Morgan fingerprint density at radius 1 is 1.33 bits per heavy atom. The minimum Gasteiger partial charge on any atom is -0.479 e. The highest BCUT2D eigenvalue weighted by Crippen LogP contribution is 2.24. The number of anilines is 1. The molecule has 0 unspecified atom stereocenters. The normalized spacial score (nSPS) is 11.8. The van der Waals surface area contributed by atoms with Crippen LogP contribution < -0.4 is 10.1 Å². The summed E-state index contributed by atoms with van der Waals surface area (Å²) in [6.07, 6.45) is 1.04. The van der Waals surface area contributed by atoms with E-state index >= 15 is 0 Å². The molecule has 2 aromatic rings. The summed E-state index contributed by atoms with van der Waals surface area (Å²) in [6.45, 7) is 5.52. The van der Waals surface area contributed by atoms with Gasteiger partial charge in [0.15, 0.2) is 6.10 Å². The summed E-state index contributed by atoms with van der Waals surface area (Å²) in [5.74, 6) is 0.755. The van der Waals surface area contributed by atoms with Gasteiger partial charge in [0.1, 0.15) is 11.6 Å². The molecule has 0 bridgehead atoms. The average Bonchev–Trinajstić information content (AvgIpc) is 2.44. The third-order valence-corrected chi connectivity index (χ3v) is 3.28. The highest BCUT2D eigenvalue weighted by Gasteiger charge is 2.17. The van der Waals surface area contributed by atoms with E-state index in [0.717, 1.165) is 11.1 Å². The van der Waals surface area contributed by atoms with Gasteiger partial charge in [-0.25, -0.2) is 4.98 Å². The second-order valence-electron chi connectivity index (χ2n) is 4.86. The molecule has 1 atom stereocenters. The zero-order chi connectivity index (χ0) is 15.4. The van der Waals surface area contributed by atoms with Crippen molar-refractivity contribution >= 4 is 23.3 Å². The second-order valence-corrected chi connectivity index (χ2v) is 5.27. The molecule has 5 heteroatoms. The van der Waals surface area contributed by atoms with Crippen molar-refractivity contribution in [2.24, 2.45) is 0 Å². The number of aromatic nitrogens is 1. The topological polar surface area (TPSA) is 51.2 Å². The maximum atomic E-state index is 12.1. The zero-order valence-corrected chi connectivity index (χ0v) is 12.9. The van der Waals surface area contributed by atoms with E-state index in [1.807, 2.05) is 19.9 Å². The number of pyridine rings is 1. The summed E-state index contributed by atoms with van der Waals surface area (Å²) < 4.78 is 5.57. The van der Waals surface area contributed by atoms with Crippen LogP contribution in [0.15, 0.2) is 36.5 Å². The smallest absolute Gasteiger partial charge is 0.266 e. The number of rotatable bonds is 4. The van der Waals surface area contributed by atoms with Gasteiger partial charge < -0.3 is 10.1 Å². The number of ether oxygens (including phenoxy) is 1. The molecule has 110 valence electrons. The van der Waals surface area contributed by atoms with Crippen LogP contribution in [0.5, 0.6) is 5.75 Å². The van der Waals surface area contributed by atoms with Crippen LogP contribution >= 0.6 is 11.6 Å². The van der Waals surface area contributed by atoms with Crippen LogP contribution in [-0.4, -0.2) is 17.0 Å². The summed E-state index contributed by atoms with van der Waals surface area (Å²) >= 11 is 6.01. The number of hydrogen-bond donors (Lipinski definition) is 1. The Labute approximate surface area is 129 Å². The Morgan fingerprint density at radius 2 is 2.05 bits per heavy atom. The minimum absolute atomic E-state index is 0.269. The number of carbonyl (C=O) groups is 1. The van der Waals surface area contributed by atoms with Gasteiger partial charge in [0.05, 0.1) is 5.02 Å². The van der Waals surface area contributed by atoms with Crippen molar-refractivity contribution in [1.29, 1.82) is 0 Å². The van der Waals surface area contributed by atoms with Gasteiger partial charge in [-0.2, -0.15) is 0 Å². The maximum absolute atomic E-state index is 12.1. The molecular weight excluding hydrogens is 288 g/mol. The molecule has 0 saturated heterocycles. The predicted octanol–water partition coefficient (Wildman–Crippen LogP) is 3.76. The van der Waals surface area contributed by atoms with Crippen molar-refractivity contribution in [3.05, 3.63) is 52.7 Å². The molecule has 0 aliphatic carbocycles. The summed E-state index contributed by atoms with van der Waals surface area (Å²) in [5.41, 5.74) is 1.96. The van der Waals surface area contributed by atoms with Crippen molar-refractivity contribution in [1.82, 2.24) is 4.98 Å². The quantitative estimate of drug-likeness (QED) is 0.935. The molecule has 0 saturated carbocycles. The van der Waals surface area contributed by atoms with Crippen molar-refractivity contribution in [2.45, 2.75) is 26.9 Å². The third-order valence-electron chi connectivity index (χ3n) is 2.97. The van der Waals surface area contributed by atoms with Crippen LogP contribution in [0.4, 0.5) is 5.82 Å². The molecule has 0 aliphatic rings. The van der Waals surface area contributed by atoms with Gasteiger partial charge in [0.2, 0.25) is 0 Å². The van der Waals surface area contributed by atoms with Gasteiger partial charge >= 0.3 is 0 Å². The van der Waals surface area contributed by atoms with E-state index in [-0.39, 0.29) is 5.91 Å². The van der Waals surface area contributed by atoms with Crippen LogP contribution in [0.2, 0.25) is 5.02 Å². The van der Waals surface area contributed by atoms with Crippen LogP contribution in [-0.2, 0) is 4.79 Å². The highest BCUT2D eigenvalue weighted by molar-refractivity contribution is 6.32. The molecule has 1 aromatic heterocycles. The number of para-hydroxylation sites is 1. The zero-order valence-electron chi connectivity index (χ0n) is 12.2. The number of aryl methyl sites for hydroxylation is 2. The Kier molecular flexibility index (Phi) is 4.81. The van der Waals surface area contributed by atoms with E-state index in [4.69, 9.17) is 16.3 Å². The van der Waals surface area contributed by atoms with Gasteiger partial charge in [-0.1, -0.05) is 29.8 Å². The fourth-order valence-electron chi connectivity index (χ4n) is 1.85. The van der Waals surface area contributed by atoms with E-state index in [1.54, 1.807) is 37.4 Å². The van der Waals surface area contributed by atoms with E-state index in [9.17, 15) is 4.79 Å². The molecule has 2 rings (SSSR count). The largest absolute Gasteiger partial charge is 0.479 e. The number of nitrogens with one attached hydrogen (secondary N) is 1. The molecule has 1 heterocycles. The molecule has 0 radical (unpaired) electrons. The monoisotopic (exact) mass is 304 g/mol. The maximum Gasteiger partial charge on any atom is 0.266 e. The lowest BCUT2D eigenvalue weighted by molar-refractivity contribution is -0.122. The van der Waals surface area contributed by atoms with Gasteiger partial charge in [-0.15, -0.1) is 0 Å². The lowest BCUT2D eigenvalue weighted by atomic mass is 10.2. The molecule has 1 N–H and O–H groups in total. The first-order valence-electron chi connectivity index (χ1n) is 6.62. The first-order valence-corrected chi connectivity index (χ1v) is 7.00. The molecule has 1 aromatic carbocycles. The third kappa shape index (κ3) is 3.95. The summed E-state index contributed by atoms with van der Waals surface area (Å²) in [6, 6.07) is 9.01. The van der Waals surface area contributed by atoms with E-state index < -0.39 is 6.10 Å². The number of halogens is 1. The fourth-order valence-corrected chi connectivity index (χ4v) is 2.03. The van der Waals surface area contributed by atoms with Crippen LogP contribution in [0, 0.1) is 13.8 Å². The number of benzene rings is 1. The summed E-state index contributed by atoms with van der Waals surface area (Å²) in [7, 11) is 0. The number of nitrogens with zero attached hydrogens (tertiary/aromatic N) is 1. The average molecular weight is 305 g/mol. The van der Waals surface area contributed by atoms with Gasteiger partial charge in [0, 0.05) is 6.20 Å². The molecule has 0 spiro atoms. The summed E-state index contributed by atoms with van der Waals surface area (Å²) in [4.78, 5) is 16.4. The van der Waals surface area contributed by atoms with Crippen molar-refractivity contribution in [2.75, 3.05) is 5.32 Å². The standard InChI is InChI=1S/C16H17ClN2O2/c1-10-8-11(2)15(18-9-10)19-16(20)12(3)21-14-7-5-4-6-13(14)17/h4-9,12H,1-3H3,(H,18,19,20)/t12-/m0/s1. The SMILES string of the molecule is Cc1cnc(NC(=O)[C@H](C)Oc2ccccc2Cl)c(C)c1. The Hall–Kier alpha value is -2.07. The Bertz CT molecular complexity index is 658. The van der Waals surface area contributed by atoms with Gasteiger partial charge in [-0.3, -0.25) is 4.79 Å². The van der Waals surface area contributed by atoms with Crippen LogP contribution in [0.1, 0.15) is 18.1 Å². The van der Waals surface area contributed by atoms with Gasteiger partial charge in [0.25, 0.3) is 5.91 Å². The summed E-state index contributed by atoms with van der Waals surface area (Å²) in [5, 5.41) is 3.23. The molecule has 21 heavy (non-hydrogen) atoms. The van der Waals surface area contributed by atoms with Crippen LogP contribution in [0.25, 0.3) is 0 Å². The van der Waals surface area contributed by atoms with Crippen molar-refractivity contribution in [3.8, 4) is 5.75 Å². The Morgan fingerprint density at radius 3 is 2.71 bits per heavy atom. The van der Waals surface area contributed by atoms with Crippen molar-refractivity contribution < 1.29 is 9.53 Å². The van der Waals surface area contributed by atoms with Crippen LogP contribution in [0.3, 0.4) is 0 Å². The second kappa shape index (κ2) is 6.59. The number of carbonyl (C=O) groups excluding carboxylic acids is 1. The van der Waals surface area contributed by atoms with E-state index in [2.05, 4.69) is 10.3 Å². The Balaban J connectivity index is 2.04. The number of hydrogen-bond acceptors (Lipinski definition) is 3. The van der Waals surface area contributed by atoms with Gasteiger partial charge in [-0.05, 0) is 44.0 Å². The fraction of sp³-hybridized carbons (Fsp3) is 0.250. The molecule has 4 nitrogen and oxygen atoms in total. The van der Waals surface area contributed by atoms with E-state index in [0.29, 0.717) is 16.6 Å². The highest BCUT2D eigenvalue weighted by atomic mass is 35.5. The van der Waals surface area contributed by atoms with Crippen molar-refractivity contribution in [3.63, 3.8) is 0 Å². The lowest BCUT2D eigenvalue weighted by Crippen LogP contribution is -2.30. The molecular formula is C16H17ClN2O2. The lowest BCUT2D eigenvalue weighted by Gasteiger charge is -2.16. The predicted molar refractivity (Wildman–Crippen MR) is 83.9 cm³/mol. The minimum atomic E-state index is -0.674. The number of amides is 1. The molecule has 1 amide bonds. The first-order chi connectivity index (χ1) is 9.97. The van der Waals surface area contributed by atoms with E-state index in [1.165, 1.54) is 0 Å². The molecule has 0 aliphatic heterocycles. The molecule has 0 fully saturated rings. The first kappa shape index (κ1) is 15.3.